The molecule has 8 nitrogen and oxygen atoms in total. The molecule has 0 saturated heterocycles. The summed E-state index contributed by atoms with van der Waals surface area (Å²) in [6.45, 7) is 10.2. The van der Waals surface area contributed by atoms with Gasteiger partial charge in [0.2, 0.25) is 5.88 Å². The minimum absolute atomic E-state index is 0.0329. The summed E-state index contributed by atoms with van der Waals surface area (Å²) in [7, 11) is 3.03. The van der Waals surface area contributed by atoms with Crippen molar-refractivity contribution in [1.29, 1.82) is 0 Å². The molecule has 196 valence electrons. The number of imidazole rings is 1. The van der Waals surface area contributed by atoms with E-state index >= 15 is 0 Å². The summed E-state index contributed by atoms with van der Waals surface area (Å²) in [4.78, 5) is 29.7. The van der Waals surface area contributed by atoms with Gasteiger partial charge in [-0.25, -0.2) is 9.97 Å². The van der Waals surface area contributed by atoms with Crippen LogP contribution in [0, 0.1) is 20.8 Å². The molecule has 0 radical (unpaired) electrons. The summed E-state index contributed by atoms with van der Waals surface area (Å²) in [5.74, 6) is 0.720. The number of nitrogens with zero attached hydrogens (tertiary/aromatic N) is 5. The SMILES string of the molecule is COc1ncc(-c2nc3c(n2C(C)C)[C@H](c2ccc(Cl)cc2C)N(c2cc(C)ccc2C)C3=O)c(OC)n1. The van der Waals surface area contributed by atoms with Gasteiger partial charge in [0, 0.05) is 22.9 Å². The Morgan fingerprint density at radius 1 is 0.974 bits per heavy atom. The maximum atomic E-state index is 14.2. The number of methoxy groups -OCH3 is 2. The molecule has 1 amide bonds. The largest absolute Gasteiger partial charge is 0.480 e. The minimum Gasteiger partial charge on any atom is -0.480 e. The van der Waals surface area contributed by atoms with E-state index in [1.807, 2.05) is 49.9 Å². The van der Waals surface area contributed by atoms with E-state index in [2.05, 4.69) is 40.5 Å². The minimum atomic E-state index is -0.413. The normalized spacial score (nSPS) is 14.8. The van der Waals surface area contributed by atoms with Crippen LogP contribution in [0.2, 0.25) is 5.02 Å². The summed E-state index contributed by atoms with van der Waals surface area (Å²) >= 11 is 6.34. The van der Waals surface area contributed by atoms with Crippen molar-refractivity contribution < 1.29 is 14.3 Å². The molecule has 2 aromatic heterocycles. The van der Waals surface area contributed by atoms with Crippen molar-refractivity contribution in [1.82, 2.24) is 19.5 Å². The van der Waals surface area contributed by atoms with Crippen LogP contribution in [0.4, 0.5) is 5.69 Å². The van der Waals surface area contributed by atoms with E-state index in [1.165, 1.54) is 14.2 Å². The van der Waals surface area contributed by atoms with Gasteiger partial charge in [-0.05, 0) is 75.1 Å². The van der Waals surface area contributed by atoms with E-state index in [0.29, 0.717) is 28.0 Å². The third-order valence-corrected chi connectivity index (χ3v) is 7.14. The molecule has 9 heteroatoms. The molecule has 0 aliphatic carbocycles. The van der Waals surface area contributed by atoms with Gasteiger partial charge in [0.1, 0.15) is 11.9 Å². The number of aryl methyl sites for hydroxylation is 3. The number of halogens is 1. The number of rotatable bonds is 6. The van der Waals surface area contributed by atoms with Gasteiger partial charge in [0.15, 0.2) is 5.69 Å². The number of amides is 1. The fourth-order valence-corrected chi connectivity index (χ4v) is 5.37. The van der Waals surface area contributed by atoms with Crippen LogP contribution in [0.3, 0.4) is 0 Å². The average Bonchev–Trinajstić information content (AvgIpc) is 3.40. The lowest BCUT2D eigenvalue weighted by atomic mass is 9.97. The fourth-order valence-electron chi connectivity index (χ4n) is 5.15. The first-order valence-electron chi connectivity index (χ1n) is 12.4. The second-order valence-corrected chi connectivity index (χ2v) is 10.2. The van der Waals surface area contributed by atoms with Crippen LogP contribution in [-0.2, 0) is 0 Å². The molecule has 2 aromatic carbocycles. The van der Waals surface area contributed by atoms with Crippen molar-refractivity contribution in [2.24, 2.45) is 0 Å². The third kappa shape index (κ3) is 4.09. The first kappa shape index (κ1) is 25.7. The van der Waals surface area contributed by atoms with Gasteiger partial charge in [0.05, 0.1) is 25.5 Å². The highest BCUT2D eigenvalue weighted by atomic mass is 35.5. The van der Waals surface area contributed by atoms with Gasteiger partial charge in [0.25, 0.3) is 5.91 Å². The average molecular weight is 532 g/mol. The number of hydrogen-bond donors (Lipinski definition) is 0. The number of anilines is 1. The molecule has 0 saturated carbocycles. The van der Waals surface area contributed by atoms with Crippen molar-refractivity contribution in [2.45, 2.75) is 46.7 Å². The summed E-state index contributed by atoms with van der Waals surface area (Å²) in [5, 5.41) is 0.646. The second kappa shape index (κ2) is 9.76. The van der Waals surface area contributed by atoms with Crippen molar-refractivity contribution in [3.63, 3.8) is 0 Å². The van der Waals surface area contributed by atoms with Gasteiger partial charge >= 0.3 is 6.01 Å². The van der Waals surface area contributed by atoms with E-state index in [1.54, 1.807) is 6.20 Å². The van der Waals surface area contributed by atoms with Crippen molar-refractivity contribution in [3.05, 3.63) is 81.3 Å². The van der Waals surface area contributed by atoms with Crippen LogP contribution in [0.25, 0.3) is 11.4 Å². The number of benzene rings is 2. The zero-order valence-electron chi connectivity index (χ0n) is 22.5. The topological polar surface area (TPSA) is 82.4 Å². The quantitative estimate of drug-likeness (QED) is 0.292. The summed E-state index contributed by atoms with van der Waals surface area (Å²) in [6, 6.07) is 11.7. The van der Waals surface area contributed by atoms with E-state index in [4.69, 9.17) is 26.1 Å². The number of fused-ring (bicyclic) bond motifs is 1. The first-order valence-corrected chi connectivity index (χ1v) is 12.8. The standard InChI is InChI=1S/C29H30ClN5O3/c1-15(2)34-25-23(32-26(34)21-14-31-29(38-7)33-27(21)37-6)28(36)35(22-12-16(3)8-9-17(22)4)24(25)20-11-10-19(30)13-18(20)5/h8-15,24H,1-7H3/t24-/m0/s1. The molecular weight excluding hydrogens is 502 g/mol. The van der Waals surface area contributed by atoms with Gasteiger partial charge < -0.3 is 14.0 Å². The van der Waals surface area contributed by atoms with E-state index in [9.17, 15) is 4.79 Å². The van der Waals surface area contributed by atoms with Crippen LogP contribution in [0.15, 0.2) is 42.6 Å². The second-order valence-electron chi connectivity index (χ2n) is 9.78. The highest BCUT2D eigenvalue weighted by molar-refractivity contribution is 6.30. The molecule has 0 spiro atoms. The highest BCUT2D eigenvalue weighted by Crippen LogP contribution is 2.47. The molecule has 38 heavy (non-hydrogen) atoms. The number of carbonyl (C=O) groups excluding carboxylic acids is 1. The Hall–Kier alpha value is -3.91. The zero-order valence-corrected chi connectivity index (χ0v) is 23.3. The fraction of sp³-hybridized carbons (Fsp3) is 0.310. The summed E-state index contributed by atoms with van der Waals surface area (Å²) < 4.78 is 12.8. The molecular formula is C29H30ClN5O3. The van der Waals surface area contributed by atoms with Crippen molar-refractivity contribution >= 4 is 23.2 Å². The van der Waals surface area contributed by atoms with Crippen LogP contribution in [0.1, 0.15) is 64.4 Å². The Labute approximate surface area is 227 Å². The Balaban J connectivity index is 1.81. The monoisotopic (exact) mass is 531 g/mol. The molecule has 3 heterocycles. The van der Waals surface area contributed by atoms with Gasteiger partial charge in [-0.2, -0.15) is 4.98 Å². The lowest BCUT2D eigenvalue weighted by Gasteiger charge is -2.30. The number of ether oxygens (including phenoxy) is 2. The molecule has 0 N–H and O–H groups in total. The van der Waals surface area contributed by atoms with Crippen LogP contribution in [0.5, 0.6) is 11.9 Å². The summed E-state index contributed by atoms with van der Waals surface area (Å²) in [6.07, 6.45) is 1.62. The molecule has 0 unspecified atom stereocenters. The van der Waals surface area contributed by atoms with E-state index in [-0.39, 0.29) is 18.0 Å². The zero-order chi connectivity index (χ0) is 27.3. The molecule has 4 aromatic rings. The Kier molecular flexibility index (Phi) is 6.61. The smallest absolute Gasteiger partial charge is 0.319 e. The molecule has 1 aliphatic heterocycles. The molecule has 1 atom stereocenters. The molecule has 0 bridgehead atoms. The van der Waals surface area contributed by atoms with Crippen molar-refractivity contribution in [3.8, 4) is 23.3 Å². The van der Waals surface area contributed by atoms with Gasteiger partial charge in [-0.1, -0.05) is 29.8 Å². The van der Waals surface area contributed by atoms with Crippen LogP contribution in [-0.4, -0.2) is 39.6 Å². The Morgan fingerprint density at radius 2 is 1.74 bits per heavy atom. The van der Waals surface area contributed by atoms with Crippen LogP contribution >= 0.6 is 11.6 Å². The highest BCUT2D eigenvalue weighted by Gasteiger charge is 2.45. The van der Waals surface area contributed by atoms with Crippen LogP contribution < -0.4 is 14.4 Å². The number of carbonyl (C=O) groups is 1. The Morgan fingerprint density at radius 3 is 2.39 bits per heavy atom. The predicted molar refractivity (Wildman–Crippen MR) is 147 cm³/mol. The number of hydrogen-bond acceptors (Lipinski definition) is 6. The van der Waals surface area contributed by atoms with E-state index < -0.39 is 6.04 Å². The lowest BCUT2D eigenvalue weighted by Crippen LogP contribution is -2.31. The van der Waals surface area contributed by atoms with Gasteiger partial charge in [-0.3, -0.25) is 9.69 Å². The molecule has 1 aliphatic rings. The molecule has 0 fully saturated rings. The predicted octanol–water partition coefficient (Wildman–Crippen LogP) is 6.27. The summed E-state index contributed by atoms with van der Waals surface area (Å²) in [5.41, 5.74) is 6.68. The maximum absolute atomic E-state index is 14.2. The molecule has 5 rings (SSSR count). The third-order valence-electron chi connectivity index (χ3n) is 6.90. The number of aromatic nitrogens is 4. The lowest BCUT2D eigenvalue weighted by molar-refractivity contribution is 0.0989. The first-order chi connectivity index (χ1) is 18.2. The van der Waals surface area contributed by atoms with E-state index in [0.717, 1.165) is 33.6 Å². The maximum Gasteiger partial charge on any atom is 0.319 e. The Bertz CT molecular complexity index is 1560. The van der Waals surface area contributed by atoms with Gasteiger partial charge in [-0.15, -0.1) is 0 Å². The van der Waals surface area contributed by atoms with Crippen molar-refractivity contribution in [2.75, 3.05) is 19.1 Å².